The fraction of sp³-hybridized carbons (Fsp3) is 0.444. The van der Waals surface area contributed by atoms with Crippen LogP contribution in [0.15, 0.2) is 35.7 Å². The third-order valence-corrected chi connectivity index (χ3v) is 5.31. The van der Waals surface area contributed by atoms with E-state index in [1.807, 2.05) is 6.07 Å². The number of rotatable bonds is 6. The lowest BCUT2D eigenvalue weighted by molar-refractivity contribution is 0.0903. The second-order valence-electron chi connectivity index (χ2n) is 6.15. The highest BCUT2D eigenvalue weighted by molar-refractivity contribution is 7.09. The Morgan fingerprint density at radius 2 is 2.17 bits per heavy atom. The first-order valence-corrected chi connectivity index (χ1v) is 9.35. The van der Waals surface area contributed by atoms with Gasteiger partial charge in [-0.05, 0) is 24.9 Å². The number of carbonyl (C=O) groups excluding carboxylic acids is 1. The molecule has 0 spiro atoms. The molecule has 1 atom stereocenters. The molecule has 5 nitrogen and oxygen atoms in total. The Kier molecular flexibility index (Phi) is 5.96. The van der Waals surface area contributed by atoms with Crippen LogP contribution in [0.3, 0.4) is 0 Å². The summed E-state index contributed by atoms with van der Waals surface area (Å²) in [6.07, 6.45) is 3.57. The Balaban J connectivity index is 1.56. The molecule has 0 radical (unpaired) electrons. The summed E-state index contributed by atoms with van der Waals surface area (Å²) in [5, 5.41) is 5.62. The molecule has 2 aromatic rings. The number of hydrogen-bond donors (Lipinski definition) is 2. The molecule has 0 bridgehead atoms. The molecule has 3 rings (SSSR count). The summed E-state index contributed by atoms with van der Waals surface area (Å²) in [6, 6.07) is 10.9. The van der Waals surface area contributed by atoms with Crippen molar-refractivity contribution < 1.29 is 4.79 Å². The Bertz CT molecular complexity index is 658. The number of piperidine rings is 1. The second kappa shape index (κ2) is 8.37. The molecule has 1 unspecified atom stereocenters. The Morgan fingerprint density at radius 3 is 2.92 bits per heavy atom. The number of nitrogens with zero attached hydrogens (tertiary/aromatic N) is 2. The van der Waals surface area contributed by atoms with Crippen LogP contribution in [-0.4, -0.2) is 34.9 Å². The van der Waals surface area contributed by atoms with Crippen LogP contribution in [0.25, 0.3) is 0 Å². The van der Waals surface area contributed by atoms with E-state index in [0.29, 0.717) is 24.8 Å². The third-order valence-electron chi connectivity index (χ3n) is 4.43. The van der Waals surface area contributed by atoms with Crippen molar-refractivity contribution >= 4 is 17.2 Å². The molecule has 1 aliphatic rings. The predicted octanol–water partition coefficient (Wildman–Crippen LogP) is 2.39. The summed E-state index contributed by atoms with van der Waals surface area (Å²) >= 11 is 1.43. The van der Waals surface area contributed by atoms with E-state index in [1.165, 1.54) is 29.7 Å². The average Bonchev–Trinajstić information content (AvgIpc) is 3.11. The zero-order valence-corrected chi connectivity index (χ0v) is 14.6. The van der Waals surface area contributed by atoms with Crippen molar-refractivity contribution in [2.75, 3.05) is 13.1 Å². The van der Waals surface area contributed by atoms with Crippen molar-refractivity contribution in [3.8, 4) is 0 Å². The minimum Gasteiger partial charge on any atom is -0.349 e. The van der Waals surface area contributed by atoms with Crippen LogP contribution in [0, 0.1) is 0 Å². The molecule has 0 saturated carbocycles. The van der Waals surface area contributed by atoms with Gasteiger partial charge in [-0.25, -0.2) is 4.98 Å². The quantitative estimate of drug-likeness (QED) is 0.844. The zero-order valence-electron chi connectivity index (χ0n) is 13.8. The molecule has 128 valence electrons. The summed E-state index contributed by atoms with van der Waals surface area (Å²) in [5.41, 5.74) is 7.35. The minimum absolute atomic E-state index is 0.101. The smallest absolute Gasteiger partial charge is 0.270 e. The predicted molar refractivity (Wildman–Crippen MR) is 96.8 cm³/mol. The number of carbonyl (C=O) groups is 1. The van der Waals surface area contributed by atoms with E-state index in [2.05, 4.69) is 39.5 Å². The van der Waals surface area contributed by atoms with E-state index in [0.717, 1.165) is 24.5 Å². The van der Waals surface area contributed by atoms with Crippen LogP contribution >= 0.6 is 11.3 Å². The fourth-order valence-electron chi connectivity index (χ4n) is 3.13. The van der Waals surface area contributed by atoms with E-state index in [9.17, 15) is 4.79 Å². The van der Waals surface area contributed by atoms with Crippen molar-refractivity contribution in [1.82, 2.24) is 15.2 Å². The van der Waals surface area contributed by atoms with E-state index in [4.69, 9.17) is 5.73 Å². The number of benzene rings is 1. The third kappa shape index (κ3) is 4.41. The summed E-state index contributed by atoms with van der Waals surface area (Å²) in [4.78, 5) is 19.0. The summed E-state index contributed by atoms with van der Waals surface area (Å²) < 4.78 is 0. The molecule has 3 N–H and O–H groups in total. The SMILES string of the molecule is NCc1nc(C(=O)NCC2CCCCN2Cc2ccccc2)cs1. The molecule has 1 aromatic heterocycles. The summed E-state index contributed by atoms with van der Waals surface area (Å²) in [6.45, 7) is 3.07. The van der Waals surface area contributed by atoms with Crippen molar-refractivity contribution in [3.05, 3.63) is 52.0 Å². The van der Waals surface area contributed by atoms with E-state index >= 15 is 0 Å². The van der Waals surface area contributed by atoms with E-state index < -0.39 is 0 Å². The number of aromatic nitrogens is 1. The molecule has 0 aliphatic carbocycles. The van der Waals surface area contributed by atoms with Gasteiger partial charge in [0.25, 0.3) is 5.91 Å². The van der Waals surface area contributed by atoms with Gasteiger partial charge in [-0.15, -0.1) is 11.3 Å². The van der Waals surface area contributed by atoms with Gasteiger partial charge >= 0.3 is 0 Å². The lowest BCUT2D eigenvalue weighted by Gasteiger charge is -2.35. The van der Waals surface area contributed by atoms with Crippen molar-refractivity contribution in [2.45, 2.75) is 38.4 Å². The largest absolute Gasteiger partial charge is 0.349 e. The van der Waals surface area contributed by atoms with Gasteiger partial charge in [-0.3, -0.25) is 9.69 Å². The van der Waals surface area contributed by atoms with Gasteiger partial charge in [0.2, 0.25) is 0 Å². The normalized spacial score (nSPS) is 18.5. The van der Waals surface area contributed by atoms with Gasteiger partial charge in [0, 0.05) is 31.1 Å². The topological polar surface area (TPSA) is 71.2 Å². The van der Waals surface area contributed by atoms with Crippen molar-refractivity contribution in [3.63, 3.8) is 0 Å². The van der Waals surface area contributed by atoms with Gasteiger partial charge in [-0.2, -0.15) is 0 Å². The van der Waals surface area contributed by atoms with Crippen LogP contribution in [0.4, 0.5) is 0 Å². The van der Waals surface area contributed by atoms with Crippen LogP contribution in [0.1, 0.15) is 40.3 Å². The molecule has 24 heavy (non-hydrogen) atoms. The van der Waals surface area contributed by atoms with Gasteiger partial charge in [0.1, 0.15) is 10.7 Å². The highest BCUT2D eigenvalue weighted by atomic mass is 32.1. The number of hydrogen-bond acceptors (Lipinski definition) is 5. The molecule has 1 fully saturated rings. The lowest BCUT2D eigenvalue weighted by atomic mass is 10.0. The first kappa shape index (κ1) is 17.1. The maximum atomic E-state index is 12.3. The second-order valence-corrected chi connectivity index (χ2v) is 7.09. The number of amides is 1. The Labute approximate surface area is 146 Å². The maximum absolute atomic E-state index is 12.3. The number of nitrogens with one attached hydrogen (secondary N) is 1. The molecular weight excluding hydrogens is 320 g/mol. The van der Waals surface area contributed by atoms with Crippen LogP contribution in [0.5, 0.6) is 0 Å². The van der Waals surface area contributed by atoms with Gasteiger partial charge in [0.15, 0.2) is 0 Å². The molecule has 1 saturated heterocycles. The number of likely N-dealkylation sites (tertiary alicyclic amines) is 1. The van der Waals surface area contributed by atoms with Gasteiger partial charge in [0.05, 0.1) is 0 Å². The Morgan fingerprint density at radius 1 is 1.33 bits per heavy atom. The fourth-order valence-corrected chi connectivity index (χ4v) is 3.78. The number of thiazole rings is 1. The van der Waals surface area contributed by atoms with Crippen molar-refractivity contribution in [2.24, 2.45) is 5.73 Å². The number of nitrogens with two attached hydrogens (primary N) is 1. The lowest BCUT2D eigenvalue weighted by Crippen LogP contribution is -2.46. The first-order chi connectivity index (χ1) is 11.8. The van der Waals surface area contributed by atoms with Gasteiger partial charge in [-0.1, -0.05) is 36.8 Å². The molecular formula is C18H24N4OS. The maximum Gasteiger partial charge on any atom is 0.270 e. The standard InChI is InChI=1S/C18H24N4OS/c19-10-17-21-16(13-24-17)18(23)20-11-15-8-4-5-9-22(15)12-14-6-2-1-3-7-14/h1-3,6-7,13,15H,4-5,8-12,19H2,(H,20,23). The molecule has 6 heteroatoms. The van der Waals surface area contributed by atoms with Gasteiger partial charge < -0.3 is 11.1 Å². The van der Waals surface area contributed by atoms with E-state index in [1.54, 1.807) is 5.38 Å². The first-order valence-electron chi connectivity index (χ1n) is 8.47. The zero-order chi connectivity index (χ0) is 16.8. The summed E-state index contributed by atoms with van der Waals surface area (Å²) in [5.74, 6) is -0.101. The van der Waals surface area contributed by atoms with Crippen molar-refractivity contribution in [1.29, 1.82) is 0 Å². The summed E-state index contributed by atoms with van der Waals surface area (Å²) in [7, 11) is 0. The minimum atomic E-state index is -0.101. The molecule has 1 aliphatic heterocycles. The van der Waals surface area contributed by atoms with E-state index in [-0.39, 0.29) is 5.91 Å². The van der Waals surface area contributed by atoms with Crippen LogP contribution in [0.2, 0.25) is 0 Å². The molecule has 1 aromatic carbocycles. The molecule has 2 heterocycles. The van der Waals surface area contributed by atoms with Crippen LogP contribution in [-0.2, 0) is 13.1 Å². The highest BCUT2D eigenvalue weighted by Gasteiger charge is 2.23. The average molecular weight is 344 g/mol. The molecule has 1 amide bonds. The highest BCUT2D eigenvalue weighted by Crippen LogP contribution is 2.19. The Hall–Kier alpha value is -1.76. The monoisotopic (exact) mass is 344 g/mol. The van der Waals surface area contributed by atoms with Crippen LogP contribution < -0.4 is 11.1 Å².